The maximum atomic E-state index is 13.3. The number of carbonyl (C=O) groups excluding carboxylic acids is 1. The number of rotatable bonds is 6. The quantitative estimate of drug-likeness (QED) is 0.800. The van der Waals surface area contributed by atoms with E-state index in [0.717, 1.165) is 58.4 Å². The van der Waals surface area contributed by atoms with E-state index in [-0.39, 0.29) is 17.4 Å². The molecule has 3 saturated heterocycles. The van der Waals surface area contributed by atoms with E-state index in [1.807, 2.05) is 0 Å². The fraction of sp³-hybridized carbons (Fsp3) is 0.708. The van der Waals surface area contributed by atoms with Crippen LogP contribution in [0.3, 0.4) is 0 Å². The first-order valence-corrected chi connectivity index (χ1v) is 11.5. The molecule has 0 aliphatic carbocycles. The zero-order chi connectivity index (χ0) is 20.4. The molecule has 1 aromatic rings. The molecule has 3 fully saturated rings. The second-order valence-electron chi connectivity index (χ2n) is 9.49. The first-order valence-electron chi connectivity index (χ1n) is 11.5. The van der Waals surface area contributed by atoms with E-state index >= 15 is 0 Å². The molecule has 1 N–H and O–H groups in total. The smallest absolute Gasteiger partial charge is 0.224 e. The van der Waals surface area contributed by atoms with E-state index in [0.29, 0.717) is 12.1 Å². The lowest BCUT2D eigenvalue weighted by Gasteiger charge is -2.46. The normalized spacial score (nSPS) is 29.9. The third-order valence-corrected chi connectivity index (χ3v) is 7.98. The third kappa shape index (κ3) is 4.10. The van der Waals surface area contributed by atoms with Crippen LogP contribution in [0.15, 0.2) is 30.3 Å². The summed E-state index contributed by atoms with van der Waals surface area (Å²) in [5.41, 5.74) is 1.46. The third-order valence-electron chi connectivity index (χ3n) is 7.98. The highest BCUT2D eigenvalue weighted by Crippen LogP contribution is 2.45. The van der Waals surface area contributed by atoms with Crippen LogP contribution in [0.25, 0.3) is 0 Å². The molecule has 0 saturated carbocycles. The lowest BCUT2D eigenvalue weighted by molar-refractivity contribution is -0.126. The molecule has 0 unspecified atom stereocenters. The number of carbonyl (C=O) groups is 1. The van der Waals surface area contributed by atoms with E-state index in [4.69, 9.17) is 0 Å². The lowest BCUT2D eigenvalue weighted by Crippen LogP contribution is -2.59. The highest BCUT2D eigenvalue weighted by Gasteiger charge is 2.47. The van der Waals surface area contributed by atoms with Crippen LogP contribution < -0.4 is 5.32 Å². The van der Waals surface area contributed by atoms with Gasteiger partial charge in [0.1, 0.15) is 0 Å². The van der Waals surface area contributed by atoms with Crippen molar-refractivity contribution in [1.29, 1.82) is 0 Å². The summed E-state index contributed by atoms with van der Waals surface area (Å²) in [6.07, 6.45) is 5.58. The lowest BCUT2D eigenvalue weighted by atomic mass is 9.85. The molecule has 1 amide bonds. The summed E-state index contributed by atoms with van der Waals surface area (Å²) >= 11 is 0. The first kappa shape index (κ1) is 20.8. The van der Waals surface area contributed by atoms with Gasteiger partial charge in [0.25, 0.3) is 0 Å². The van der Waals surface area contributed by atoms with Gasteiger partial charge < -0.3 is 15.1 Å². The van der Waals surface area contributed by atoms with Gasteiger partial charge in [-0.25, -0.2) is 0 Å². The number of nitrogens with one attached hydrogen (secondary N) is 1. The van der Waals surface area contributed by atoms with Crippen LogP contribution in [0.2, 0.25) is 0 Å². The fourth-order valence-electron chi connectivity index (χ4n) is 5.90. The number of hydrogen-bond acceptors (Lipinski definition) is 4. The highest BCUT2D eigenvalue weighted by molar-refractivity contribution is 5.80. The standard InChI is InChI=1S/C24H38N4O/c1-4-27-15-12-24(13-16-27,26(2)3)18-25-23(29)20-17-22(19-9-6-5-7-10-19)28-14-8-11-21(20)28/h5-7,9-10,20-22H,4,8,11-18H2,1-3H3,(H,25,29)/t20-,21+,22-/m0/s1. The van der Waals surface area contributed by atoms with E-state index in [2.05, 4.69) is 71.4 Å². The summed E-state index contributed by atoms with van der Waals surface area (Å²) < 4.78 is 0. The SMILES string of the molecule is CCN1CCC(CNC(=O)[C@H]2C[C@@H](c3ccccc3)N3CCC[C@H]23)(N(C)C)CC1. The molecule has 5 heteroatoms. The number of amides is 1. The zero-order valence-corrected chi connectivity index (χ0v) is 18.4. The van der Waals surface area contributed by atoms with Crippen LogP contribution in [0, 0.1) is 5.92 Å². The Balaban J connectivity index is 1.41. The Bertz CT molecular complexity index is 683. The van der Waals surface area contributed by atoms with Crippen molar-refractivity contribution in [3.05, 3.63) is 35.9 Å². The van der Waals surface area contributed by atoms with Gasteiger partial charge in [-0.1, -0.05) is 37.3 Å². The summed E-state index contributed by atoms with van der Waals surface area (Å²) in [5, 5.41) is 3.41. The topological polar surface area (TPSA) is 38.8 Å². The van der Waals surface area contributed by atoms with E-state index in [9.17, 15) is 4.79 Å². The molecule has 1 aromatic carbocycles. The van der Waals surface area contributed by atoms with Gasteiger partial charge in [0, 0.05) is 24.2 Å². The average molecular weight is 399 g/mol. The Morgan fingerprint density at radius 3 is 2.55 bits per heavy atom. The maximum absolute atomic E-state index is 13.3. The van der Waals surface area contributed by atoms with Crippen LogP contribution in [0.1, 0.15) is 50.6 Å². The van der Waals surface area contributed by atoms with Gasteiger partial charge >= 0.3 is 0 Å². The Hall–Kier alpha value is -1.43. The minimum absolute atomic E-state index is 0.0914. The number of likely N-dealkylation sites (N-methyl/N-ethyl adjacent to an activating group) is 1. The van der Waals surface area contributed by atoms with E-state index in [1.54, 1.807) is 0 Å². The van der Waals surface area contributed by atoms with Gasteiger partial charge in [-0.05, 0) is 77.9 Å². The second kappa shape index (κ2) is 8.75. The molecule has 3 aliphatic heterocycles. The van der Waals surface area contributed by atoms with Crippen molar-refractivity contribution in [3.8, 4) is 0 Å². The van der Waals surface area contributed by atoms with E-state index in [1.165, 1.54) is 12.0 Å². The number of benzene rings is 1. The van der Waals surface area contributed by atoms with E-state index < -0.39 is 0 Å². The number of fused-ring (bicyclic) bond motifs is 1. The van der Waals surface area contributed by atoms with Crippen LogP contribution in [-0.2, 0) is 4.79 Å². The van der Waals surface area contributed by atoms with Crippen LogP contribution in [0.5, 0.6) is 0 Å². The van der Waals surface area contributed by atoms with Gasteiger partial charge in [-0.15, -0.1) is 0 Å². The molecule has 4 rings (SSSR count). The second-order valence-corrected chi connectivity index (χ2v) is 9.49. The van der Waals surface area contributed by atoms with Gasteiger partial charge in [-0.2, -0.15) is 0 Å². The summed E-state index contributed by atoms with van der Waals surface area (Å²) in [5.74, 6) is 0.400. The monoisotopic (exact) mass is 398 g/mol. The summed E-state index contributed by atoms with van der Waals surface area (Å²) in [6.45, 7) is 7.51. The molecular weight excluding hydrogens is 360 g/mol. The number of likely N-dealkylation sites (tertiary alicyclic amines) is 1. The predicted octanol–water partition coefficient (Wildman–Crippen LogP) is 2.74. The Morgan fingerprint density at radius 2 is 1.90 bits per heavy atom. The Kier molecular flexibility index (Phi) is 6.28. The zero-order valence-electron chi connectivity index (χ0n) is 18.4. The van der Waals surface area contributed by atoms with Crippen molar-refractivity contribution in [2.24, 2.45) is 5.92 Å². The van der Waals surface area contributed by atoms with Crippen LogP contribution >= 0.6 is 0 Å². The molecule has 3 aliphatic rings. The predicted molar refractivity (Wildman–Crippen MR) is 118 cm³/mol. The molecule has 5 nitrogen and oxygen atoms in total. The minimum atomic E-state index is 0.0914. The van der Waals surface area contributed by atoms with Gasteiger partial charge in [0.2, 0.25) is 5.91 Å². The Labute approximate surface area is 176 Å². The summed E-state index contributed by atoms with van der Waals surface area (Å²) in [4.78, 5) is 20.8. The largest absolute Gasteiger partial charge is 0.354 e. The molecule has 0 spiro atoms. The number of piperidine rings is 1. The van der Waals surface area contributed by atoms with Gasteiger partial charge in [0.15, 0.2) is 0 Å². The summed E-state index contributed by atoms with van der Waals surface area (Å²) in [6, 6.07) is 11.6. The molecule has 3 heterocycles. The number of nitrogens with zero attached hydrogens (tertiary/aromatic N) is 3. The van der Waals surface area contributed by atoms with Crippen molar-refractivity contribution in [1.82, 2.24) is 20.0 Å². The van der Waals surface area contributed by atoms with Crippen molar-refractivity contribution < 1.29 is 4.79 Å². The van der Waals surface area contributed by atoms with Crippen molar-refractivity contribution in [2.75, 3.05) is 46.8 Å². The molecular formula is C24H38N4O. The van der Waals surface area contributed by atoms with Crippen LogP contribution in [-0.4, -0.2) is 79.0 Å². The highest BCUT2D eigenvalue weighted by atomic mass is 16.2. The Morgan fingerprint density at radius 1 is 1.17 bits per heavy atom. The van der Waals surface area contributed by atoms with Gasteiger partial charge in [-0.3, -0.25) is 9.69 Å². The summed E-state index contributed by atoms with van der Waals surface area (Å²) in [7, 11) is 4.35. The molecule has 29 heavy (non-hydrogen) atoms. The molecule has 160 valence electrons. The van der Waals surface area contributed by atoms with Crippen molar-refractivity contribution in [3.63, 3.8) is 0 Å². The van der Waals surface area contributed by atoms with Crippen molar-refractivity contribution >= 4 is 5.91 Å². The maximum Gasteiger partial charge on any atom is 0.224 e. The average Bonchev–Trinajstić information content (AvgIpc) is 3.35. The number of hydrogen-bond donors (Lipinski definition) is 1. The van der Waals surface area contributed by atoms with Crippen LogP contribution in [0.4, 0.5) is 0 Å². The van der Waals surface area contributed by atoms with Crippen molar-refractivity contribution in [2.45, 2.75) is 56.7 Å². The first-order chi connectivity index (χ1) is 14.0. The molecule has 0 aromatic heterocycles. The fourth-order valence-corrected chi connectivity index (χ4v) is 5.90. The molecule has 3 atom stereocenters. The molecule has 0 radical (unpaired) electrons. The molecule has 0 bridgehead atoms. The van der Waals surface area contributed by atoms with Gasteiger partial charge in [0.05, 0.1) is 5.92 Å². The minimum Gasteiger partial charge on any atom is -0.354 e.